The number of hydrogen-bond donors (Lipinski definition) is 2. The van der Waals surface area contributed by atoms with E-state index < -0.39 is 16.1 Å². The zero-order valence-corrected chi connectivity index (χ0v) is 24.7. The zero-order chi connectivity index (χ0) is 29.2. The molecule has 1 fully saturated rings. The molecule has 1 aliphatic carbocycles. The number of carbonyl (C=O) groups is 2. The lowest BCUT2D eigenvalue weighted by atomic mass is 10.0. The number of nitrogens with zero attached hydrogens (tertiary/aromatic N) is 1. The van der Waals surface area contributed by atoms with Crippen LogP contribution >= 0.6 is 11.6 Å². The average molecular weight is 598 g/mol. The van der Waals surface area contributed by atoms with Crippen molar-refractivity contribution >= 4 is 33.4 Å². The SMILES string of the molecule is COCCCNC(=O)C(c1ccccc1)N(Cc1ccc(Cl)cc1)C(=O)CCc1ccc(S(=O)(=O)NC2CC2)cc1. The van der Waals surface area contributed by atoms with Gasteiger partial charge in [0, 0.05) is 44.3 Å². The lowest BCUT2D eigenvalue weighted by Crippen LogP contribution is -2.43. The molecule has 3 aromatic rings. The number of benzene rings is 3. The first-order valence-electron chi connectivity index (χ1n) is 13.7. The normalized spacial score (nSPS) is 13.9. The van der Waals surface area contributed by atoms with Gasteiger partial charge < -0.3 is 15.0 Å². The van der Waals surface area contributed by atoms with E-state index >= 15 is 0 Å². The summed E-state index contributed by atoms with van der Waals surface area (Å²) in [4.78, 5) is 29.2. The predicted molar refractivity (Wildman–Crippen MR) is 159 cm³/mol. The average Bonchev–Trinajstić information content (AvgIpc) is 3.79. The van der Waals surface area contributed by atoms with Crippen molar-refractivity contribution in [3.63, 3.8) is 0 Å². The fourth-order valence-electron chi connectivity index (χ4n) is 4.46. The minimum Gasteiger partial charge on any atom is -0.385 e. The predicted octanol–water partition coefficient (Wildman–Crippen LogP) is 4.64. The maximum absolute atomic E-state index is 13.8. The van der Waals surface area contributed by atoms with Crippen molar-refractivity contribution in [1.82, 2.24) is 14.9 Å². The third-order valence-corrected chi connectivity index (χ3v) is 8.64. The van der Waals surface area contributed by atoms with Crippen LogP contribution in [0.2, 0.25) is 5.02 Å². The Balaban J connectivity index is 1.54. The highest BCUT2D eigenvalue weighted by Gasteiger charge is 2.31. The summed E-state index contributed by atoms with van der Waals surface area (Å²) in [6.45, 7) is 1.15. The Morgan fingerprint density at radius 3 is 2.27 bits per heavy atom. The quantitative estimate of drug-likeness (QED) is 0.249. The highest BCUT2D eigenvalue weighted by Crippen LogP contribution is 2.26. The Kier molecular flexibility index (Phi) is 10.9. The van der Waals surface area contributed by atoms with Crippen LogP contribution in [0.25, 0.3) is 0 Å². The number of nitrogens with one attached hydrogen (secondary N) is 2. The van der Waals surface area contributed by atoms with Crippen LogP contribution < -0.4 is 10.0 Å². The fourth-order valence-corrected chi connectivity index (χ4v) is 5.89. The third kappa shape index (κ3) is 9.13. The number of ether oxygens (including phenoxy) is 1. The van der Waals surface area contributed by atoms with E-state index in [1.807, 2.05) is 42.5 Å². The molecule has 3 aromatic carbocycles. The smallest absolute Gasteiger partial charge is 0.247 e. The van der Waals surface area contributed by atoms with Crippen molar-refractivity contribution in [1.29, 1.82) is 0 Å². The molecule has 0 aliphatic heterocycles. The van der Waals surface area contributed by atoms with Crippen LogP contribution in [0, 0.1) is 0 Å². The third-order valence-electron chi connectivity index (χ3n) is 6.85. The number of rotatable bonds is 15. The van der Waals surface area contributed by atoms with Crippen molar-refractivity contribution in [2.24, 2.45) is 0 Å². The lowest BCUT2D eigenvalue weighted by Gasteiger charge is -2.32. The van der Waals surface area contributed by atoms with E-state index in [9.17, 15) is 18.0 Å². The van der Waals surface area contributed by atoms with Gasteiger partial charge >= 0.3 is 0 Å². The maximum Gasteiger partial charge on any atom is 0.247 e. The zero-order valence-electron chi connectivity index (χ0n) is 23.1. The van der Waals surface area contributed by atoms with Gasteiger partial charge in [-0.3, -0.25) is 9.59 Å². The molecule has 1 unspecified atom stereocenters. The van der Waals surface area contributed by atoms with Crippen LogP contribution in [-0.4, -0.2) is 51.4 Å². The van der Waals surface area contributed by atoms with Crippen LogP contribution in [0.4, 0.5) is 0 Å². The maximum atomic E-state index is 13.8. The van der Waals surface area contributed by atoms with Crippen LogP contribution in [0.1, 0.15) is 48.4 Å². The van der Waals surface area contributed by atoms with Crippen molar-refractivity contribution < 1.29 is 22.7 Å². The van der Waals surface area contributed by atoms with Crippen LogP contribution in [0.5, 0.6) is 0 Å². The number of aryl methyl sites for hydroxylation is 1. The molecule has 0 aromatic heterocycles. The molecule has 1 atom stereocenters. The van der Waals surface area contributed by atoms with Gasteiger partial charge in [-0.25, -0.2) is 13.1 Å². The van der Waals surface area contributed by atoms with E-state index in [2.05, 4.69) is 10.0 Å². The van der Waals surface area contributed by atoms with Gasteiger partial charge in [0.25, 0.3) is 0 Å². The van der Waals surface area contributed by atoms with Gasteiger partial charge in [0.2, 0.25) is 21.8 Å². The molecule has 2 amide bonds. The first kappa shape index (κ1) is 30.7. The lowest BCUT2D eigenvalue weighted by molar-refractivity contribution is -0.141. The minimum atomic E-state index is -3.55. The van der Waals surface area contributed by atoms with Gasteiger partial charge in [-0.05, 0) is 66.6 Å². The summed E-state index contributed by atoms with van der Waals surface area (Å²) in [5.74, 6) is -0.472. The largest absolute Gasteiger partial charge is 0.385 e. The Morgan fingerprint density at radius 2 is 1.63 bits per heavy atom. The molecule has 0 spiro atoms. The molecule has 1 saturated carbocycles. The van der Waals surface area contributed by atoms with Crippen LogP contribution in [0.15, 0.2) is 83.8 Å². The van der Waals surface area contributed by atoms with Crippen molar-refractivity contribution in [3.8, 4) is 0 Å². The second-order valence-electron chi connectivity index (χ2n) is 10.1. The summed E-state index contributed by atoms with van der Waals surface area (Å²) in [7, 11) is -1.94. The molecule has 10 heteroatoms. The highest BCUT2D eigenvalue weighted by atomic mass is 35.5. The van der Waals surface area contributed by atoms with Crippen LogP contribution in [0.3, 0.4) is 0 Å². The first-order chi connectivity index (χ1) is 19.8. The van der Waals surface area contributed by atoms with Gasteiger partial charge in [0.05, 0.1) is 4.90 Å². The molecule has 0 heterocycles. The summed E-state index contributed by atoms with van der Waals surface area (Å²) in [5.41, 5.74) is 2.38. The Labute approximate surface area is 247 Å². The Bertz CT molecular complexity index is 1400. The summed E-state index contributed by atoms with van der Waals surface area (Å²) in [6, 6.07) is 22.2. The van der Waals surface area contributed by atoms with E-state index in [-0.39, 0.29) is 35.7 Å². The van der Waals surface area contributed by atoms with E-state index in [0.717, 1.165) is 24.0 Å². The molecular formula is C31H36ClN3O5S. The van der Waals surface area contributed by atoms with Crippen molar-refractivity contribution in [2.75, 3.05) is 20.3 Å². The molecule has 0 radical (unpaired) electrons. The van der Waals surface area contributed by atoms with E-state index in [0.29, 0.717) is 36.6 Å². The van der Waals surface area contributed by atoms with Crippen molar-refractivity contribution in [2.45, 2.75) is 55.6 Å². The topological polar surface area (TPSA) is 105 Å². The number of methoxy groups -OCH3 is 1. The molecule has 0 saturated heterocycles. The van der Waals surface area contributed by atoms with E-state index in [1.54, 1.807) is 48.4 Å². The molecule has 2 N–H and O–H groups in total. The number of halogens is 1. The number of carbonyl (C=O) groups excluding carboxylic acids is 2. The second-order valence-corrected chi connectivity index (χ2v) is 12.3. The molecule has 4 rings (SSSR count). The molecule has 8 nitrogen and oxygen atoms in total. The summed E-state index contributed by atoms with van der Waals surface area (Å²) < 4.78 is 32.8. The minimum absolute atomic E-state index is 0.0265. The Hall–Kier alpha value is -3.24. The fraction of sp³-hybridized carbons (Fsp3) is 0.355. The van der Waals surface area contributed by atoms with Gasteiger partial charge in [-0.2, -0.15) is 0 Å². The molecule has 1 aliphatic rings. The highest BCUT2D eigenvalue weighted by molar-refractivity contribution is 7.89. The van der Waals surface area contributed by atoms with Crippen molar-refractivity contribution in [3.05, 3.63) is 101 Å². The summed E-state index contributed by atoms with van der Waals surface area (Å²) in [5, 5.41) is 3.54. The summed E-state index contributed by atoms with van der Waals surface area (Å²) in [6.07, 6.45) is 2.91. The first-order valence-corrected chi connectivity index (χ1v) is 15.6. The van der Waals surface area contributed by atoms with E-state index in [1.165, 1.54) is 0 Å². The monoisotopic (exact) mass is 597 g/mol. The molecule has 0 bridgehead atoms. The van der Waals surface area contributed by atoms with Crippen LogP contribution in [-0.2, 0) is 37.3 Å². The number of amides is 2. The van der Waals surface area contributed by atoms with Gasteiger partial charge in [-0.1, -0.05) is 66.2 Å². The second kappa shape index (κ2) is 14.6. The Morgan fingerprint density at radius 1 is 0.976 bits per heavy atom. The number of sulfonamides is 1. The molecule has 218 valence electrons. The van der Waals surface area contributed by atoms with Gasteiger partial charge in [0.1, 0.15) is 6.04 Å². The van der Waals surface area contributed by atoms with Gasteiger partial charge in [0.15, 0.2) is 0 Å². The van der Waals surface area contributed by atoms with Gasteiger partial charge in [-0.15, -0.1) is 0 Å². The summed E-state index contributed by atoms with van der Waals surface area (Å²) >= 11 is 6.09. The standard InChI is InChI=1S/C31H36ClN3O5S/c1-40-21-5-20-33-31(37)30(25-6-3-2-4-7-25)35(22-24-8-13-26(32)14-9-24)29(36)19-12-23-10-17-28(18-11-23)41(38,39)34-27-15-16-27/h2-4,6-11,13-14,17-18,27,30,34H,5,12,15-16,19-22H2,1H3,(H,33,37). The molecule has 41 heavy (non-hydrogen) atoms. The van der Waals surface area contributed by atoms with E-state index in [4.69, 9.17) is 16.3 Å². The molecular weight excluding hydrogens is 562 g/mol. The number of hydrogen-bond acceptors (Lipinski definition) is 5.